The Hall–Kier alpha value is -4.85. The molecule has 0 bridgehead atoms. The minimum Gasteiger partial charge on any atom is -0.463 e. The Bertz CT molecular complexity index is 1730. The van der Waals surface area contributed by atoms with E-state index >= 15 is 0 Å². The summed E-state index contributed by atoms with van der Waals surface area (Å²) >= 11 is 0. The van der Waals surface area contributed by atoms with Crippen molar-refractivity contribution in [2.75, 3.05) is 41.0 Å². The molecule has 0 radical (unpaired) electrons. The zero-order valence-electron chi connectivity index (χ0n) is 35.8. The van der Waals surface area contributed by atoms with Gasteiger partial charge in [0, 0.05) is 71.0 Å². The lowest BCUT2D eigenvalue weighted by Gasteiger charge is -2.18. The fourth-order valence-corrected chi connectivity index (χ4v) is 5.33. The van der Waals surface area contributed by atoms with E-state index in [9.17, 15) is 9.59 Å². The van der Waals surface area contributed by atoms with Crippen LogP contribution in [-0.2, 0) is 28.4 Å². The number of aliphatic hydroxyl groups is 2. The molecule has 58 heavy (non-hydrogen) atoms. The molecular formula is C44H64BN5O8. The van der Waals surface area contributed by atoms with E-state index in [4.69, 9.17) is 29.1 Å². The van der Waals surface area contributed by atoms with Crippen LogP contribution in [0.1, 0.15) is 92.2 Å². The SMILES string of the molecule is CCCCB1O[C@@H](C)[C@H](C(=O)N(C)C)O1.CCCCOC(=O)/C=C/c1cncc(C)c1.CN=C=O.Cc1cncc(/C=C/CO)c1.Cc1cncc([C@H]2C[C@@H]2CO)c1. The summed E-state index contributed by atoms with van der Waals surface area (Å²) < 4.78 is 16.2. The largest absolute Gasteiger partial charge is 0.463 e. The minimum absolute atomic E-state index is 0.0125. The first-order chi connectivity index (χ1) is 27.8. The van der Waals surface area contributed by atoms with Crippen LogP contribution in [0.2, 0.25) is 6.32 Å². The predicted octanol–water partition coefficient (Wildman–Crippen LogP) is 6.75. The standard InChI is InChI=1S/C13H17NO2.C10H20BNO3.C10H13NO.C9H11NO.C2H3NO/c1-3-4-7-16-13(15)6-5-12-8-11(2)9-14-10-12;1-5-6-7-11-14-8(2)9(15-11)10(13)12(3)4;1-7-2-8(5-11-4-7)10-3-9(10)6-12;1-8-5-9(3-2-4-11)7-10-6-8;1-3-2-4/h5-6,8-10H,3-4,7H2,1-2H3;8-9H,5-7H2,1-4H3;2,4-5,9-10,12H,3,6H2,1H3;2-3,5-7,11H,4H2,1H3;1H3/b6-5+;;;3-2+;/t;8-,9+;9-,10-;;/m.01../s1. The molecule has 2 aliphatic rings. The Morgan fingerprint density at radius 1 is 0.914 bits per heavy atom. The van der Waals surface area contributed by atoms with Gasteiger partial charge in [0.05, 0.1) is 19.3 Å². The van der Waals surface area contributed by atoms with Crippen LogP contribution < -0.4 is 0 Å². The number of aryl methyl sites for hydroxylation is 3. The van der Waals surface area contributed by atoms with Crippen molar-refractivity contribution in [3.63, 3.8) is 0 Å². The van der Waals surface area contributed by atoms with Crippen LogP contribution in [0.3, 0.4) is 0 Å². The summed E-state index contributed by atoms with van der Waals surface area (Å²) in [5.74, 6) is 0.757. The van der Waals surface area contributed by atoms with Gasteiger partial charge in [-0.2, -0.15) is 0 Å². The van der Waals surface area contributed by atoms with Crippen molar-refractivity contribution in [2.45, 2.75) is 98.1 Å². The molecule has 4 atom stereocenters. The number of aliphatic imine (C=N–C) groups is 1. The zero-order valence-corrected chi connectivity index (χ0v) is 35.8. The molecule has 14 heteroatoms. The highest BCUT2D eigenvalue weighted by molar-refractivity contribution is 6.45. The molecule has 0 unspecified atom stereocenters. The maximum atomic E-state index is 11.7. The number of hydrogen-bond acceptors (Lipinski definition) is 12. The molecule has 1 saturated carbocycles. The van der Waals surface area contributed by atoms with Crippen molar-refractivity contribution < 1.29 is 38.6 Å². The van der Waals surface area contributed by atoms with Crippen molar-refractivity contribution in [1.82, 2.24) is 19.9 Å². The fraction of sp³-hybridized carbons (Fsp3) is 0.500. The first-order valence-corrected chi connectivity index (χ1v) is 19.8. The Morgan fingerprint density at radius 2 is 1.48 bits per heavy atom. The summed E-state index contributed by atoms with van der Waals surface area (Å²) in [6, 6.07) is 6.13. The van der Waals surface area contributed by atoms with E-state index in [1.807, 2.05) is 58.3 Å². The fourth-order valence-electron chi connectivity index (χ4n) is 5.33. The lowest BCUT2D eigenvalue weighted by Crippen LogP contribution is -2.38. The summed E-state index contributed by atoms with van der Waals surface area (Å²) in [4.78, 5) is 48.5. The highest BCUT2D eigenvalue weighted by atomic mass is 16.7. The van der Waals surface area contributed by atoms with Crippen molar-refractivity contribution in [3.05, 3.63) is 101 Å². The Kier molecular flexibility index (Phi) is 26.7. The molecule has 3 aromatic heterocycles. The van der Waals surface area contributed by atoms with Crippen LogP contribution in [0.25, 0.3) is 12.2 Å². The molecule has 1 aliphatic heterocycles. The number of aliphatic hydroxyl groups excluding tert-OH is 2. The molecule has 0 aromatic carbocycles. The highest BCUT2D eigenvalue weighted by Crippen LogP contribution is 2.46. The lowest BCUT2D eigenvalue weighted by atomic mass is 9.83. The number of unbranched alkanes of at least 4 members (excludes halogenated alkanes) is 2. The van der Waals surface area contributed by atoms with Gasteiger partial charge < -0.3 is 29.2 Å². The smallest absolute Gasteiger partial charge is 0.457 e. The summed E-state index contributed by atoms with van der Waals surface area (Å²) in [6.07, 6.45) is 24.4. The van der Waals surface area contributed by atoms with E-state index in [2.05, 4.69) is 39.9 Å². The third-order valence-electron chi connectivity index (χ3n) is 8.50. The first-order valence-electron chi connectivity index (χ1n) is 19.8. The zero-order chi connectivity index (χ0) is 43.3. The van der Waals surface area contributed by atoms with Gasteiger partial charge in [0.2, 0.25) is 6.08 Å². The third kappa shape index (κ3) is 22.2. The number of likely N-dealkylation sites (N-methyl/N-ethyl adjacent to an activating group) is 1. The van der Waals surface area contributed by atoms with Crippen molar-refractivity contribution >= 4 is 37.2 Å². The van der Waals surface area contributed by atoms with Crippen LogP contribution >= 0.6 is 0 Å². The van der Waals surface area contributed by atoms with Crippen LogP contribution in [0, 0.1) is 26.7 Å². The maximum absolute atomic E-state index is 11.7. The number of carbonyl (C=O) groups excluding carboxylic acids is 3. The average molecular weight is 802 g/mol. The normalized spacial score (nSPS) is 17.5. The number of rotatable bonds is 13. The number of esters is 1. The number of amides is 1. The molecule has 3 aromatic rings. The summed E-state index contributed by atoms with van der Waals surface area (Å²) in [7, 11) is 4.65. The molecule has 2 fully saturated rings. The highest BCUT2D eigenvalue weighted by Gasteiger charge is 2.41. The maximum Gasteiger partial charge on any atom is 0.457 e. The molecular weight excluding hydrogens is 737 g/mol. The van der Waals surface area contributed by atoms with Gasteiger partial charge in [-0.1, -0.05) is 51.3 Å². The van der Waals surface area contributed by atoms with Crippen LogP contribution in [-0.4, -0.2) is 108 Å². The number of isocyanates is 1. The van der Waals surface area contributed by atoms with Gasteiger partial charge in [0.1, 0.15) is 6.10 Å². The third-order valence-corrected chi connectivity index (χ3v) is 8.50. The van der Waals surface area contributed by atoms with Gasteiger partial charge in [-0.15, -0.1) is 0 Å². The second kappa shape index (κ2) is 30.3. The van der Waals surface area contributed by atoms with Crippen molar-refractivity contribution in [3.8, 4) is 0 Å². The van der Waals surface area contributed by atoms with E-state index < -0.39 is 6.10 Å². The van der Waals surface area contributed by atoms with Gasteiger partial charge >= 0.3 is 13.1 Å². The Morgan fingerprint density at radius 3 is 1.97 bits per heavy atom. The Labute approximate surface area is 345 Å². The van der Waals surface area contributed by atoms with E-state index in [-0.39, 0.29) is 31.7 Å². The predicted molar refractivity (Wildman–Crippen MR) is 230 cm³/mol. The Balaban J connectivity index is 0.000000378. The van der Waals surface area contributed by atoms with Gasteiger partial charge in [-0.05, 0) is 110 Å². The van der Waals surface area contributed by atoms with E-state index in [1.165, 1.54) is 30.3 Å². The number of carbonyl (C=O) groups is 2. The molecule has 1 aliphatic carbocycles. The van der Waals surface area contributed by atoms with Crippen molar-refractivity contribution in [2.24, 2.45) is 10.9 Å². The second-order valence-electron chi connectivity index (χ2n) is 14.1. The monoisotopic (exact) mass is 801 g/mol. The minimum atomic E-state index is -0.429. The quantitative estimate of drug-likeness (QED) is 0.0468. The molecule has 4 heterocycles. The van der Waals surface area contributed by atoms with Crippen LogP contribution in [0.5, 0.6) is 0 Å². The van der Waals surface area contributed by atoms with E-state index in [0.717, 1.165) is 60.7 Å². The van der Waals surface area contributed by atoms with Gasteiger partial charge in [0.15, 0.2) is 0 Å². The number of ether oxygens (including phenoxy) is 1. The summed E-state index contributed by atoms with van der Waals surface area (Å²) in [5.41, 5.74) is 6.63. The molecule has 0 spiro atoms. The average Bonchev–Trinajstić information content (AvgIpc) is 3.92. The molecule has 13 nitrogen and oxygen atoms in total. The summed E-state index contributed by atoms with van der Waals surface area (Å²) in [6.45, 7) is 13.0. The molecule has 1 amide bonds. The van der Waals surface area contributed by atoms with Crippen molar-refractivity contribution in [1.29, 1.82) is 0 Å². The van der Waals surface area contributed by atoms with Gasteiger partial charge in [-0.3, -0.25) is 19.7 Å². The molecule has 5 rings (SSSR count). The molecule has 316 valence electrons. The topological polar surface area (TPSA) is 174 Å². The molecule has 1 saturated heterocycles. The van der Waals surface area contributed by atoms with E-state index in [0.29, 0.717) is 25.0 Å². The lowest BCUT2D eigenvalue weighted by molar-refractivity contribution is -0.138. The second-order valence-corrected chi connectivity index (χ2v) is 14.1. The van der Waals surface area contributed by atoms with Gasteiger partial charge in [-0.25, -0.2) is 14.6 Å². The summed E-state index contributed by atoms with van der Waals surface area (Å²) in [5, 5.41) is 17.4. The van der Waals surface area contributed by atoms with Crippen LogP contribution in [0.15, 0.2) is 72.5 Å². The number of hydrogen-bond donors (Lipinski definition) is 2. The van der Waals surface area contributed by atoms with E-state index in [1.54, 1.807) is 55.9 Å². The first kappa shape index (κ1) is 51.2. The number of nitrogens with zero attached hydrogens (tertiary/aromatic N) is 5. The van der Waals surface area contributed by atoms with Gasteiger partial charge in [0.25, 0.3) is 5.91 Å². The number of aromatic nitrogens is 3. The molecule has 2 N–H and O–H groups in total. The number of pyridine rings is 3. The van der Waals surface area contributed by atoms with Crippen LogP contribution in [0.4, 0.5) is 0 Å².